The number of thiophene rings is 1. The Bertz CT molecular complexity index is 430. The van der Waals surface area contributed by atoms with E-state index < -0.39 is 0 Å². The van der Waals surface area contributed by atoms with E-state index in [0.717, 1.165) is 35.2 Å². The first kappa shape index (κ1) is 12.1. The lowest BCUT2D eigenvalue weighted by Gasteiger charge is -2.12. The zero-order valence-electron chi connectivity index (χ0n) is 9.42. The van der Waals surface area contributed by atoms with Crippen molar-refractivity contribution in [2.24, 2.45) is 0 Å². The molecule has 1 fully saturated rings. The van der Waals surface area contributed by atoms with E-state index in [1.165, 1.54) is 16.2 Å². The lowest BCUT2D eigenvalue weighted by molar-refractivity contribution is 0.0940. The van der Waals surface area contributed by atoms with Crippen LogP contribution in [0.2, 0.25) is 0 Å². The van der Waals surface area contributed by atoms with Crippen LogP contribution in [0.1, 0.15) is 33.0 Å². The molecular formula is C12H14BrNOS2. The van der Waals surface area contributed by atoms with Crippen LogP contribution >= 0.6 is 39.0 Å². The molecule has 2 heterocycles. The molecule has 1 N–H and O–H groups in total. The third-order valence-corrected chi connectivity index (χ3v) is 6.66. The molecule has 0 atom stereocenters. The summed E-state index contributed by atoms with van der Waals surface area (Å²) in [5, 5.41) is 4.03. The topological polar surface area (TPSA) is 29.1 Å². The molecular weight excluding hydrogens is 318 g/mol. The van der Waals surface area contributed by atoms with Gasteiger partial charge in [0, 0.05) is 16.0 Å². The molecule has 1 amide bonds. The van der Waals surface area contributed by atoms with Gasteiger partial charge in [-0.25, -0.2) is 0 Å². The Labute approximate surface area is 118 Å². The lowest BCUT2D eigenvalue weighted by atomic mass is 10.2. The minimum absolute atomic E-state index is 0.0519. The summed E-state index contributed by atoms with van der Waals surface area (Å²) in [6.45, 7) is 0. The first-order valence-corrected chi connectivity index (χ1v) is 8.89. The second kappa shape index (κ2) is 4.59. The molecule has 0 spiro atoms. The first-order chi connectivity index (χ1) is 8.22. The van der Waals surface area contributed by atoms with Gasteiger partial charge in [0.1, 0.15) is 0 Å². The Kier molecular flexibility index (Phi) is 3.26. The van der Waals surface area contributed by atoms with Gasteiger partial charge >= 0.3 is 0 Å². The van der Waals surface area contributed by atoms with E-state index in [1.54, 1.807) is 11.3 Å². The van der Waals surface area contributed by atoms with Crippen LogP contribution in [0.25, 0.3) is 0 Å². The van der Waals surface area contributed by atoms with Crippen molar-refractivity contribution >= 4 is 44.9 Å². The van der Waals surface area contributed by atoms with E-state index in [-0.39, 0.29) is 11.4 Å². The number of halogens is 1. The van der Waals surface area contributed by atoms with Gasteiger partial charge in [-0.15, -0.1) is 11.3 Å². The standard InChI is InChI=1S/C12H14BrNOS2/c13-7-12(2-3-12)14-11(15)10-5-8-6-16-4-1-9(8)17-10/h5H,1-4,6-7H2,(H,14,15). The fourth-order valence-electron chi connectivity index (χ4n) is 2.00. The molecule has 0 saturated heterocycles. The number of amides is 1. The van der Waals surface area contributed by atoms with Gasteiger partial charge in [0.05, 0.1) is 10.4 Å². The van der Waals surface area contributed by atoms with Gasteiger partial charge in [0.15, 0.2) is 0 Å². The smallest absolute Gasteiger partial charge is 0.261 e. The number of carbonyl (C=O) groups is 1. The number of carbonyl (C=O) groups excluding carboxylic acids is 1. The number of thioether (sulfide) groups is 1. The van der Waals surface area contributed by atoms with Crippen molar-refractivity contribution in [3.8, 4) is 0 Å². The zero-order valence-corrected chi connectivity index (χ0v) is 12.6. The molecule has 2 nitrogen and oxygen atoms in total. The second-order valence-electron chi connectivity index (χ2n) is 4.73. The minimum atomic E-state index is 0.0519. The largest absolute Gasteiger partial charge is 0.345 e. The van der Waals surface area contributed by atoms with Crippen LogP contribution in [0.4, 0.5) is 0 Å². The van der Waals surface area contributed by atoms with Crippen molar-refractivity contribution in [1.29, 1.82) is 0 Å². The Morgan fingerprint density at radius 1 is 1.53 bits per heavy atom. The summed E-state index contributed by atoms with van der Waals surface area (Å²) in [5.74, 6) is 2.38. The maximum Gasteiger partial charge on any atom is 0.261 e. The van der Waals surface area contributed by atoms with Crippen LogP contribution < -0.4 is 5.32 Å². The normalized spacial score (nSPS) is 20.8. The van der Waals surface area contributed by atoms with Gasteiger partial charge in [0.25, 0.3) is 5.91 Å². The van der Waals surface area contributed by atoms with Crippen molar-refractivity contribution in [2.75, 3.05) is 11.1 Å². The van der Waals surface area contributed by atoms with Crippen molar-refractivity contribution in [2.45, 2.75) is 30.6 Å². The van der Waals surface area contributed by atoms with Crippen LogP contribution in [0.5, 0.6) is 0 Å². The van der Waals surface area contributed by atoms with Crippen molar-refractivity contribution < 1.29 is 4.79 Å². The van der Waals surface area contributed by atoms with Crippen molar-refractivity contribution in [1.82, 2.24) is 5.32 Å². The van der Waals surface area contributed by atoms with E-state index in [2.05, 4.69) is 27.3 Å². The molecule has 0 unspecified atom stereocenters. The average Bonchev–Trinajstić information content (AvgIpc) is 2.98. The molecule has 2 aliphatic rings. The average molecular weight is 332 g/mol. The molecule has 1 aliphatic carbocycles. The van der Waals surface area contributed by atoms with Crippen LogP contribution in [-0.4, -0.2) is 22.5 Å². The molecule has 92 valence electrons. The number of aryl methyl sites for hydroxylation is 1. The molecule has 3 rings (SSSR count). The van der Waals surface area contributed by atoms with Crippen LogP contribution in [0, 0.1) is 0 Å². The second-order valence-corrected chi connectivity index (χ2v) is 7.53. The molecule has 1 aliphatic heterocycles. The summed E-state index contributed by atoms with van der Waals surface area (Å²) in [7, 11) is 0. The third kappa shape index (κ3) is 2.42. The summed E-state index contributed by atoms with van der Waals surface area (Å²) in [6.07, 6.45) is 3.33. The SMILES string of the molecule is O=C(NC1(CBr)CC1)c1cc2c(s1)CCSC2. The first-order valence-electron chi connectivity index (χ1n) is 5.80. The van der Waals surface area contributed by atoms with Gasteiger partial charge in [-0.1, -0.05) is 15.9 Å². The van der Waals surface area contributed by atoms with Gasteiger partial charge in [-0.3, -0.25) is 4.79 Å². The van der Waals surface area contributed by atoms with Crippen molar-refractivity contribution in [3.05, 3.63) is 21.4 Å². The quantitative estimate of drug-likeness (QED) is 0.862. The van der Waals surface area contributed by atoms with Crippen molar-refractivity contribution in [3.63, 3.8) is 0 Å². The highest BCUT2D eigenvalue weighted by Crippen LogP contribution is 2.38. The fraction of sp³-hybridized carbons (Fsp3) is 0.583. The molecule has 5 heteroatoms. The molecule has 0 bridgehead atoms. The number of nitrogens with one attached hydrogen (secondary N) is 1. The van der Waals surface area contributed by atoms with Gasteiger partial charge in [0.2, 0.25) is 0 Å². The summed E-state index contributed by atoms with van der Waals surface area (Å²) < 4.78 is 0. The fourth-order valence-corrected chi connectivity index (χ4v) is 4.97. The molecule has 17 heavy (non-hydrogen) atoms. The Hall–Kier alpha value is -0.000000000000000111. The number of rotatable bonds is 3. The van der Waals surface area contributed by atoms with E-state index in [4.69, 9.17) is 0 Å². The van der Waals surface area contributed by atoms with Gasteiger partial charge < -0.3 is 5.32 Å². The highest BCUT2D eigenvalue weighted by Gasteiger charge is 2.43. The lowest BCUT2D eigenvalue weighted by Crippen LogP contribution is -2.37. The number of hydrogen-bond acceptors (Lipinski definition) is 3. The zero-order chi connectivity index (χ0) is 11.9. The van der Waals surface area contributed by atoms with Crippen LogP contribution in [-0.2, 0) is 12.2 Å². The monoisotopic (exact) mass is 331 g/mol. The van der Waals surface area contributed by atoms with E-state index >= 15 is 0 Å². The highest BCUT2D eigenvalue weighted by molar-refractivity contribution is 9.09. The predicted molar refractivity (Wildman–Crippen MR) is 77.4 cm³/mol. The van der Waals surface area contributed by atoms with E-state index in [0.29, 0.717) is 0 Å². The third-order valence-electron chi connectivity index (χ3n) is 3.34. The maximum absolute atomic E-state index is 12.1. The molecule has 1 aromatic rings. The molecule has 0 radical (unpaired) electrons. The van der Waals surface area contributed by atoms with E-state index in [9.17, 15) is 4.79 Å². The number of hydrogen-bond donors (Lipinski definition) is 1. The van der Waals surface area contributed by atoms with E-state index in [1.807, 2.05) is 11.8 Å². The number of fused-ring (bicyclic) bond motifs is 1. The minimum Gasteiger partial charge on any atom is -0.345 e. The maximum atomic E-state index is 12.1. The van der Waals surface area contributed by atoms with Crippen LogP contribution in [0.15, 0.2) is 6.07 Å². The molecule has 1 saturated carbocycles. The highest BCUT2D eigenvalue weighted by atomic mass is 79.9. The van der Waals surface area contributed by atoms with Crippen LogP contribution in [0.3, 0.4) is 0 Å². The Balaban J connectivity index is 1.75. The molecule has 0 aromatic carbocycles. The summed E-state index contributed by atoms with van der Waals surface area (Å²) in [5.41, 5.74) is 1.43. The van der Waals surface area contributed by atoms with Gasteiger partial charge in [-0.05, 0) is 36.6 Å². The summed E-state index contributed by atoms with van der Waals surface area (Å²) in [6, 6.07) is 2.09. The summed E-state index contributed by atoms with van der Waals surface area (Å²) in [4.78, 5) is 14.5. The van der Waals surface area contributed by atoms with Gasteiger partial charge in [-0.2, -0.15) is 11.8 Å². The molecule has 1 aromatic heterocycles. The predicted octanol–water partition coefficient (Wildman–Crippen LogP) is 3.19. The Morgan fingerprint density at radius 3 is 3.00 bits per heavy atom. The number of alkyl halides is 1. The summed E-state index contributed by atoms with van der Waals surface area (Å²) >= 11 is 7.12. The Morgan fingerprint density at radius 2 is 2.35 bits per heavy atom.